The van der Waals surface area contributed by atoms with Gasteiger partial charge in [0.1, 0.15) is 0 Å². The van der Waals surface area contributed by atoms with Gasteiger partial charge in [-0.15, -0.1) is 0 Å². The van der Waals surface area contributed by atoms with E-state index < -0.39 is 33.4 Å². The third kappa shape index (κ3) is 4.30. The molecule has 3 aromatic rings. The molecule has 0 aliphatic carbocycles. The summed E-state index contributed by atoms with van der Waals surface area (Å²) in [5, 5.41) is 5.05. The zero-order valence-corrected chi connectivity index (χ0v) is 15.7. The van der Waals surface area contributed by atoms with Crippen molar-refractivity contribution in [3.63, 3.8) is 0 Å². The lowest BCUT2D eigenvalue weighted by molar-refractivity contribution is -0.138. The molecule has 152 valence electrons. The van der Waals surface area contributed by atoms with E-state index in [0.29, 0.717) is 5.56 Å². The fourth-order valence-electron chi connectivity index (χ4n) is 3.00. The highest BCUT2D eigenvalue weighted by Crippen LogP contribution is 2.38. The molecule has 0 aliphatic heterocycles. The van der Waals surface area contributed by atoms with E-state index in [2.05, 4.69) is 0 Å². The number of benzene rings is 3. The maximum atomic E-state index is 13.9. The molecule has 0 aliphatic rings. The van der Waals surface area contributed by atoms with Crippen molar-refractivity contribution in [1.82, 2.24) is 0 Å². The van der Waals surface area contributed by atoms with Crippen LogP contribution in [0, 0.1) is 18.6 Å². The van der Waals surface area contributed by atoms with E-state index in [1.807, 2.05) is 0 Å². The van der Waals surface area contributed by atoms with Gasteiger partial charge < -0.3 is 0 Å². The van der Waals surface area contributed by atoms with Crippen molar-refractivity contribution in [1.29, 1.82) is 0 Å². The van der Waals surface area contributed by atoms with Crippen LogP contribution in [0.3, 0.4) is 0 Å². The van der Waals surface area contributed by atoms with Gasteiger partial charge in [-0.05, 0) is 65.1 Å². The van der Waals surface area contributed by atoms with E-state index in [0.717, 1.165) is 18.2 Å². The summed E-state index contributed by atoms with van der Waals surface area (Å²) in [6, 6.07) is 10.2. The van der Waals surface area contributed by atoms with Crippen molar-refractivity contribution in [2.24, 2.45) is 5.14 Å². The van der Waals surface area contributed by atoms with E-state index in [1.54, 1.807) is 0 Å². The molecular weight excluding hydrogens is 413 g/mol. The average Bonchev–Trinajstić information content (AvgIpc) is 2.62. The Balaban J connectivity index is 2.18. The molecule has 2 N–H and O–H groups in total. The number of halogens is 5. The summed E-state index contributed by atoms with van der Waals surface area (Å²) in [7, 11) is -3.94. The monoisotopic (exact) mass is 427 g/mol. The van der Waals surface area contributed by atoms with Crippen LogP contribution in [0.4, 0.5) is 22.0 Å². The molecule has 3 nitrogen and oxygen atoms in total. The molecule has 0 radical (unpaired) electrons. The minimum Gasteiger partial charge on any atom is -0.225 e. The molecule has 0 unspecified atom stereocenters. The fourth-order valence-corrected chi connectivity index (χ4v) is 3.51. The molecule has 9 heteroatoms. The highest BCUT2D eigenvalue weighted by molar-refractivity contribution is 7.89. The minimum absolute atomic E-state index is 0.0738. The summed E-state index contributed by atoms with van der Waals surface area (Å²) >= 11 is 0. The Labute approximate surface area is 163 Å². The number of hydrogen-bond donors (Lipinski definition) is 1. The van der Waals surface area contributed by atoms with Crippen LogP contribution >= 0.6 is 0 Å². The number of alkyl halides is 3. The number of aryl methyl sites for hydroxylation is 1. The van der Waals surface area contributed by atoms with Crippen LogP contribution in [0.15, 0.2) is 59.5 Å². The number of primary sulfonamides is 1. The molecule has 0 fully saturated rings. The van der Waals surface area contributed by atoms with Gasteiger partial charge >= 0.3 is 6.18 Å². The minimum atomic E-state index is -4.54. The van der Waals surface area contributed by atoms with E-state index in [4.69, 9.17) is 5.14 Å². The third-order valence-corrected chi connectivity index (χ3v) is 5.33. The Morgan fingerprint density at radius 3 is 1.72 bits per heavy atom. The molecule has 0 heterocycles. The van der Waals surface area contributed by atoms with Crippen LogP contribution in [0.25, 0.3) is 22.3 Å². The lowest BCUT2D eigenvalue weighted by Crippen LogP contribution is -2.11. The normalized spacial score (nSPS) is 12.2. The molecule has 0 bridgehead atoms. The van der Waals surface area contributed by atoms with Gasteiger partial charge in [-0.1, -0.05) is 24.3 Å². The van der Waals surface area contributed by atoms with Crippen LogP contribution < -0.4 is 5.14 Å². The fraction of sp³-hybridized carbons (Fsp3) is 0.100. The molecule has 0 atom stereocenters. The van der Waals surface area contributed by atoms with Crippen molar-refractivity contribution in [2.75, 3.05) is 0 Å². The predicted molar refractivity (Wildman–Crippen MR) is 98.3 cm³/mol. The van der Waals surface area contributed by atoms with Gasteiger partial charge in [0.05, 0.1) is 10.5 Å². The lowest BCUT2D eigenvalue weighted by Gasteiger charge is -2.15. The van der Waals surface area contributed by atoms with Crippen LogP contribution in [0.5, 0.6) is 0 Å². The van der Waals surface area contributed by atoms with Gasteiger partial charge in [0.15, 0.2) is 11.6 Å². The third-order valence-electron chi connectivity index (χ3n) is 4.40. The highest BCUT2D eigenvalue weighted by atomic mass is 32.2. The number of hydrogen-bond acceptors (Lipinski definition) is 2. The predicted octanol–water partition coefficient (Wildman–Crippen LogP) is 5.27. The molecule has 29 heavy (non-hydrogen) atoms. The molecule has 3 aromatic carbocycles. The second-order valence-electron chi connectivity index (χ2n) is 6.41. The van der Waals surface area contributed by atoms with E-state index in [-0.39, 0.29) is 27.1 Å². The summed E-state index contributed by atoms with van der Waals surface area (Å²) in [6.45, 7) is 1.27. The number of nitrogens with two attached hydrogens (primary N) is 1. The summed E-state index contributed by atoms with van der Waals surface area (Å²) in [6.07, 6.45) is -4.54. The first kappa shape index (κ1) is 20.9. The Morgan fingerprint density at radius 1 is 0.793 bits per heavy atom. The van der Waals surface area contributed by atoms with E-state index in [9.17, 15) is 30.4 Å². The number of sulfonamides is 1. The van der Waals surface area contributed by atoms with Gasteiger partial charge in [0.25, 0.3) is 0 Å². The maximum absolute atomic E-state index is 13.9. The van der Waals surface area contributed by atoms with Crippen LogP contribution in [-0.2, 0) is 16.2 Å². The molecule has 0 aromatic heterocycles. The van der Waals surface area contributed by atoms with Crippen molar-refractivity contribution >= 4 is 10.0 Å². The van der Waals surface area contributed by atoms with Crippen molar-refractivity contribution in [3.8, 4) is 22.3 Å². The van der Waals surface area contributed by atoms with Gasteiger partial charge in [-0.25, -0.2) is 22.3 Å². The molecule has 0 saturated heterocycles. The Kier molecular flexibility index (Phi) is 5.22. The molecule has 0 spiro atoms. The number of rotatable bonds is 3. The van der Waals surface area contributed by atoms with Gasteiger partial charge in [0, 0.05) is 0 Å². The molecular formula is C20H14F5NO2S. The first-order valence-corrected chi connectivity index (χ1v) is 9.73. The van der Waals surface area contributed by atoms with Crippen LogP contribution in [-0.4, -0.2) is 8.42 Å². The zero-order valence-electron chi connectivity index (χ0n) is 14.9. The van der Waals surface area contributed by atoms with E-state index >= 15 is 0 Å². The zero-order chi connectivity index (χ0) is 21.6. The van der Waals surface area contributed by atoms with Crippen LogP contribution in [0.2, 0.25) is 0 Å². The lowest BCUT2D eigenvalue weighted by atomic mass is 9.92. The first-order chi connectivity index (χ1) is 13.4. The van der Waals surface area contributed by atoms with Crippen LogP contribution in [0.1, 0.15) is 11.1 Å². The standard InChI is InChI=1S/C20H14F5NO2S/c1-11-8-13(4-7-17(11)20(23,24)25)16-10-19(22)18(21)9-15(16)12-2-5-14(6-3-12)29(26,27)28/h2-10H,1H3,(H2,26,27,28). The Bertz CT molecular complexity index is 1190. The quantitative estimate of drug-likeness (QED) is 0.579. The van der Waals surface area contributed by atoms with Crippen molar-refractivity contribution < 1.29 is 30.4 Å². The second kappa shape index (κ2) is 7.23. The van der Waals surface area contributed by atoms with Gasteiger partial charge in [-0.2, -0.15) is 13.2 Å². The Hall–Kier alpha value is -2.78. The summed E-state index contributed by atoms with van der Waals surface area (Å²) in [4.78, 5) is -0.171. The molecule has 3 rings (SSSR count). The summed E-state index contributed by atoms with van der Waals surface area (Å²) in [5.41, 5.74) is 0.0232. The molecule has 0 saturated carbocycles. The second-order valence-corrected chi connectivity index (χ2v) is 7.97. The summed E-state index contributed by atoms with van der Waals surface area (Å²) in [5.74, 6) is -2.31. The summed E-state index contributed by atoms with van der Waals surface area (Å²) < 4.78 is 89.6. The van der Waals surface area contributed by atoms with Crippen molar-refractivity contribution in [2.45, 2.75) is 18.0 Å². The SMILES string of the molecule is Cc1cc(-c2cc(F)c(F)cc2-c2ccc(S(N)(=O)=O)cc2)ccc1C(F)(F)F. The van der Waals surface area contributed by atoms with Gasteiger partial charge in [0.2, 0.25) is 10.0 Å². The largest absolute Gasteiger partial charge is 0.416 e. The highest BCUT2D eigenvalue weighted by Gasteiger charge is 2.32. The smallest absolute Gasteiger partial charge is 0.225 e. The Morgan fingerprint density at radius 2 is 1.28 bits per heavy atom. The van der Waals surface area contributed by atoms with Gasteiger partial charge in [-0.3, -0.25) is 0 Å². The first-order valence-electron chi connectivity index (χ1n) is 8.18. The molecule has 0 amide bonds. The maximum Gasteiger partial charge on any atom is 0.416 e. The van der Waals surface area contributed by atoms with E-state index in [1.165, 1.54) is 43.3 Å². The topological polar surface area (TPSA) is 60.2 Å². The average molecular weight is 427 g/mol. The van der Waals surface area contributed by atoms with Crippen molar-refractivity contribution in [3.05, 3.63) is 77.4 Å².